The molecule has 0 fully saturated rings. The van der Waals surface area contributed by atoms with Crippen molar-refractivity contribution in [2.24, 2.45) is 5.73 Å². The molecule has 31 heavy (non-hydrogen) atoms. The minimum Gasteiger partial charge on any atom is -0.493 e. The summed E-state index contributed by atoms with van der Waals surface area (Å²) in [6.07, 6.45) is 6.42. The molecular formula is C25H34N2O4. The zero-order valence-electron chi connectivity index (χ0n) is 18.6. The van der Waals surface area contributed by atoms with E-state index in [0.29, 0.717) is 30.9 Å². The van der Waals surface area contributed by atoms with Crippen molar-refractivity contribution in [2.45, 2.75) is 44.9 Å². The Bertz CT molecular complexity index is 819. The van der Waals surface area contributed by atoms with Crippen LogP contribution in [0.3, 0.4) is 0 Å². The number of hydrogen-bond donors (Lipinski definition) is 1. The molecule has 0 aliphatic carbocycles. The predicted molar refractivity (Wildman–Crippen MR) is 124 cm³/mol. The third-order valence-electron chi connectivity index (χ3n) is 5.01. The van der Waals surface area contributed by atoms with Crippen molar-refractivity contribution in [1.29, 1.82) is 0 Å². The molecule has 0 saturated heterocycles. The van der Waals surface area contributed by atoms with Crippen molar-refractivity contribution in [3.8, 4) is 5.75 Å². The van der Waals surface area contributed by atoms with E-state index in [-0.39, 0.29) is 5.97 Å². The van der Waals surface area contributed by atoms with Crippen LogP contribution in [0.5, 0.6) is 5.75 Å². The van der Waals surface area contributed by atoms with E-state index in [1.165, 1.54) is 0 Å². The SMILES string of the molecule is CN(C)c1ccc(CC(=O)OCCCCCCCCOc2ccccc2C(N)=O)cc1. The first-order valence-corrected chi connectivity index (χ1v) is 10.9. The van der Waals surface area contributed by atoms with Crippen LogP contribution in [0.2, 0.25) is 0 Å². The summed E-state index contributed by atoms with van der Waals surface area (Å²) in [4.78, 5) is 25.3. The molecule has 168 valence electrons. The van der Waals surface area contributed by atoms with E-state index in [2.05, 4.69) is 0 Å². The van der Waals surface area contributed by atoms with Gasteiger partial charge in [0.15, 0.2) is 0 Å². The largest absolute Gasteiger partial charge is 0.493 e. The zero-order valence-corrected chi connectivity index (χ0v) is 18.6. The van der Waals surface area contributed by atoms with Crippen LogP contribution < -0.4 is 15.4 Å². The lowest BCUT2D eigenvalue weighted by Crippen LogP contribution is -2.13. The van der Waals surface area contributed by atoms with E-state index >= 15 is 0 Å². The van der Waals surface area contributed by atoms with Gasteiger partial charge in [0.1, 0.15) is 5.75 Å². The van der Waals surface area contributed by atoms with Gasteiger partial charge in [-0.05, 0) is 42.7 Å². The van der Waals surface area contributed by atoms with Crippen molar-refractivity contribution in [2.75, 3.05) is 32.2 Å². The predicted octanol–water partition coefficient (Wildman–Crippen LogP) is 4.36. The number of amides is 1. The Balaban J connectivity index is 1.47. The standard InChI is InChI=1S/C25H34N2O4/c1-27(2)21-15-13-20(14-16-21)19-24(28)31-18-10-6-4-3-5-9-17-30-23-12-8-7-11-22(23)25(26)29/h7-8,11-16H,3-6,9-10,17-19H2,1-2H3,(H2,26,29). The van der Waals surface area contributed by atoms with Gasteiger partial charge in [-0.1, -0.05) is 49.9 Å². The lowest BCUT2D eigenvalue weighted by molar-refractivity contribution is -0.142. The van der Waals surface area contributed by atoms with Crippen LogP contribution in [0.1, 0.15) is 54.4 Å². The number of esters is 1. The summed E-state index contributed by atoms with van der Waals surface area (Å²) in [7, 11) is 3.98. The molecule has 0 saturated carbocycles. The van der Waals surface area contributed by atoms with Gasteiger partial charge in [0, 0.05) is 19.8 Å². The van der Waals surface area contributed by atoms with Crippen molar-refractivity contribution < 1.29 is 19.1 Å². The van der Waals surface area contributed by atoms with Crippen LogP contribution in [-0.4, -0.2) is 39.2 Å². The van der Waals surface area contributed by atoms with Crippen LogP contribution in [0.4, 0.5) is 5.69 Å². The Labute approximate surface area is 185 Å². The normalized spacial score (nSPS) is 10.5. The van der Waals surface area contributed by atoms with Crippen LogP contribution in [-0.2, 0) is 16.0 Å². The number of anilines is 1. The second kappa shape index (κ2) is 13.3. The lowest BCUT2D eigenvalue weighted by Gasteiger charge is -2.12. The van der Waals surface area contributed by atoms with Crippen LogP contribution >= 0.6 is 0 Å². The second-order valence-electron chi connectivity index (χ2n) is 7.79. The highest BCUT2D eigenvalue weighted by Gasteiger charge is 2.08. The number of unbranched alkanes of at least 4 members (excludes halogenated alkanes) is 5. The van der Waals surface area contributed by atoms with Gasteiger partial charge < -0.3 is 20.1 Å². The van der Waals surface area contributed by atoms with E-state index < -0.39 is 5.91 Å². The minimum atomic E-state index is -0.474. The summed E-state index contributed by atoms with van der Waals surface area (Å²) in [5.41, 5.74) is 7.84. The highest BCUT2D eigenvalue weighted by molar-refractivity contribution is 5.95. The van der Waals surface area contributed by atoms with Gasteiger partial charge in [0.05, 0.1) is 25.2 Å². The smallest absolute Gasteiger partial charge is 0.310 e. The van der Waals surface area contributed by atoms with Gasteiger partial charge in [-0.15, -0.1) is 0 Å². The molecular weight excluding hydrogens is 392 g/mol. The van der Waals surface area contributed by atoms with E-state index in [9.17, 15) is 9.59 Å². The Morgan fingerprint density at radius 2 is 1.45 bits per heavy atom. The maximum absolute atomic E-state index is 11.9. The van der Waals surface area contributed by atoms with Crippen molar-refractivity contribution in [1.82, 2.24) is 0 Å². The summed E-state index contributed by atoms with van der Waals surface area (Å²) in [6.45, 7) is 1.04. The number of carbonyl (C=O) groups is 2. The topological polar surface area (TPSA) is 81.9 Å². The Kier molecular flexibility index (Phi) is 10.4. The first-order valence-electron chi connectivity index (χ1n) is 10.9. The van der Waals surface area contributed by atoms with Crippen LogP contribution in [0.15, 0.2) is 48.5 Å². The highest BCUT2D eigenvalue weighted by Crippen LogP contribution is 2.18. The third kappa shape index (κ3) is 9.11. The molecule has 0 aliphatic rings. The lowest BCUT2D eigenvalue weighted by atomic mass is 10.1. The van der Waals surface area contributed by atoms with Gasteiger partial charge in [0.2, 0.25) is 0 Å². The van der Waals surface area contributed by atoms with Gasteiger partial charge in [-0.2, -0.15) is 0 Å². The fourth-order valence-electron chi connectivity index (χ4n) is 3.21. The molecule has 2 N–H and O–H groups in total. The number of ether oxygens (including phenoxy) is 2. The van der Waals surface area contributed by atoms with Gasteiger partial charge in [0.25, 0.3) is 5.91 Å². The number of rotatable bonds is 14. The summed E-state index contributed by atoms with van der Waals surface area (Å²) in [5.74, 6) is -0.102. The molecule has 0 spiro atoms. The van der Waals surface area contributed by atoms with E-state index in [4.69, 9.17) is 15.2 Å². The molecule has 0 atom stereocenters. The van der Waals surface area contributed by atoms with E-state index in [1.807, 2.05) is 49.3 Å². The maximum atomic E-state index is 11.9. The zero-order chi connectivity index (χ0) is 22.5. The Morgan fingerprint density at radius 3 is 2.10 bits per heavy atom. The van der Waals surface area contributed by atoms with Crippen molar-refractivity contribution in [3.05, 3.63) is 59.7 Å². The molecule has 2 rings (SSSR count). The molecule has 2 aromatic rings. The molecule has 0 unspecified atom stereocenters. The average Bonchev–Trinajstić information content (AvgIpc) is 2.75. The second-order valence-corrected chi connectivity index (χ2v) is 7.79. The minimum absolute atomic E-state index is 0.175. The fourth-order valence-corrected chi connectivity index (χ4v) is 3.21. The summed E-state index contributed by atoms with van der Waals surface area (Å²) in [6, 6.07) is 15.0. The van der Waals surface area contributed by atoms with E-state index in [0.717, 1.165) is 49.8 Å². The van der Waals surface area contributed by atoms with Crippen LogP contribution in [0, 0.1) is 0 Å². The number of hydrogen-bond acceptors (Lipinski definition) is 5. The first-order chi connectivity index (χ1) is 15.0. The molecule has 0 aliphatic heterocycles. The fraction of sp³-hybridized carbons (Fsp3) is 0.440. The average molecular weight is 427 g/mol. The monoisotopic (exact) mass is 426 g/mol. The Morgan fingerprint density at radius 1 is 0.839 bits per heavy atom. The number of benzene rings is 2. The van der Waals surface area contributed by atoms with Gasteiger partial charge in [-0.3, -0.25) is 9.59 Å². The number of nitrogens with two attached hydrogens (primary N) is 1. The number of nitrogens with zero attached hydrogens (tertiary/aromatic N) is 1. The molecule has 0 radical (unpaired) electrons. The van der Waals surface area contributed by atoms with Crippen molar-refractivity contribution >= 4 is 17.6 Å². The number of para-hydroxylation sites is 1. The molecule has 1 amide bonds. The van der Waals surface area contributed by atoms with Gasteiger partial charge in [-0.25, -0.2) is 0 Å². The summed E-state index contributed by atoms with van der Waals surface area (Å²) in [5, 5.41) is 0. The number of carbonyl (C=O) groups excluding carboxylic acids is 2. The molecule has 0 bridgehead atoms. The molecule has 6 nitrogen and oxygen atoms in total. The Hall–Kier alpha value is -3.02. The quantitative estimate of drug-likeness (QED) is 0.359. The third-order valence-corrected chi connectivity index (χ3v) is 5.01. The van der Waals surface area contributed by atoms with E-state index in [1.54, 1.807) is 18.2 Å². The van der Waals surface area contributed by atoms with Gasteiger partial charge >= 0.3 is 5.97 Å². The molecule has 0 aromatic heterocycles. The number of primary amides is 1. The summed E-state index contributed by atoms with van der Waals surface area (Å²) >= 11 is 0. The highest BCUT2D eigenvalue weighted by atomic mass is 16.5. The molecule has 2 aromatic carbocycles. The molecule has 6 heteroatoms. The first kappa shape index (κ1) is 24.3. The maximum Gasteiger partial charge on any atom is 0.310 e. The van der Waals surface area contributed by atoms with Crippen LogP contribution in [0.25, 0.3) is 0 Å². The summed E-state index contributed by atoms with van der Waals surface area (Å²) < 4.78 is 11.0. The molecule has 0 heterocycles. The van der Waals surface area contributed by atoms with Crippen molar-refractivity contribution in [3.63, 3.8) is 0 Å².